The predicted molar refractivity (Wildman–Crippen MR) is 49.2 cm³/mol. The molecule has 0 saturated carbocycles. The molecule has 0 aromatic rings. The summed E-state index contributed by atoms with van der Waals surface area (Å²) in [6.07, 6.45) is -3.74. The fraction of sp³-hybridized carbons (Fsp3) is 1.00. The van der Waals surface area contributed by atoms with Crippen molar-refractivity contribution in [2.24, 2.45) is 0 Å². The zero-order valence-corrected chi connectivity index (χ0v) is 8.40. The molecule has 0 radical (unpaired) electrons. The van der Waals surface area contributed by atoms with Gasteiger partial charge >= 0.3 is 6.18 Å². The van der Waals surface area contributed by atoms with Crippen molar-refractivity contribution in [3.8, 4) is 0 Å². The van der Waals surface area contributed by atoms with E-state index in [2.05, 4.69) is 5.32 Å². The molecule has 1 rings (SSSR count). The van der Waals surface area contributed by atoms with Gasteiger partial charge < -0.3 is 10.2 Å². The molecule has 14 heavy (non-hydrogen) atoms. The van der Waals surface area contributed by atoms with Gasteiger partial charge in [0.2, 0.25) is 0 Å². The van der Waals surface area contributed by atoms with Gasteiger partial charge in [-0.1, -0.05) is 6.92 Å². The maximum absolute atomic E-state index is 11.9. The van der Waals surface area contributed by atoms with Crippen molar-refractivity contribution in [1.29, 1.82) is 0 Å². The Morgan fingerprint density at radius 1 is 1.43 bits per heavy atom. The summed E-state index contributed by atoms with van der Waals surface area (Å²) in [7, 11) is 0. The molecule has 0 aromatic carbocycles. The van der Waals surface area contributed by atoms with Crippen LogP contribution < -0.4 is 5.32 Å². The normalized spacial score (nSPS) is 25.3. The molecule has 1 unspecified atom stereocenters. The minimum absolute atomic E-state index is 0.141. The van der Waals surface area contributed by atoms with Gasteiger partial charge in [-0.3, -0.25) is 0 Å². The highest BCUT2D eigenvalue weighted by molar-refractivity contribution is 4.77. The Morgan fingerprint density at radius 3 is 2.71 bits per heavy atom. The largest absolute Gasteiger partial charge is 0.390 e. The van der Waals surface area contributed by atoms with Gasteiger partial charge in [0, 0.05) is 32.2 Å². The summed E-state index contributed by atoms with van der Waals surface area (Å²) in [4.78, 5) is 1.89. The van der Waals surface area contributed by atoms with E-state index < -0.39 is 12.6 Å². The third-order valence-corrected chi connectivity index (χ3v) is 2.54. The SMILES string of the molecule is CCC1CN(CCC(F)(F)F)CCN1. The molecule has 1 aliphatic rings. The van der Waals surface area contributed by atoms with Crippen LogP contribution in [0, 0.1) is 0 Å². The van der Waals surface area contributed by atoms with E-state index in [0.29, 0.717) is 6.04 Å². The van der Waals surface area contributed by atoms with Crippen LogP contribution in [0.2, 0.25) is 0 Å². The third kappa shape index (κ3) is 4.28. The van der Waals surface area contributed by atoms with Crippen molar-refractivity contribution in [3.63, 3.8) is 0 Å². The minimum Gasteiger partial charge on any atom is -0.311 e. The van der Waals surface area contributed by atoms with E-state index in [9.17, 15) is 13.2 Å². The van der Waals surface area contributed by atoms with Gasteiger partial charge in [-0.2, -0.15) is 13.2 Å². The second-order valence-electron chi connectivity index (χ2n) is 3.73. The number of hydrogen-bond acceptors (Lipinski definition) is 2. The molecule has 0 amide bonds. The van der Waals surface area contributed by atoms with Crippen molar-refractivity contribution in [3.05, 3.63) is 0 Å². The number of nitrogens with zero attached hydrogens (tertiary/aromatic N) is 1. The molecule has 5 heteroatoms. The average molecular weight is 210 g/mol. The van der Waals surface area contributed by atoms with E-state index in [1.807, 2.05) is 11.8 Å². The zero-order chi connectivity index (χ0) is 10.6. The molecule has 2 nitrogen and oxygen atoms in total. The quantitative estimate of drug-likeness (QED) is 0.761. The van der Waals surface area contributed by atoms with Gasteiger partial charge in [0.25, 0.3) is 0 Å². The number of rotatable bonds is 3. The lowest BCUT2D eigenvalue weighted by Crippen LogP contribution is -2.50. The molecule has 1 aliphatic heterocycles. The summed E-state index contributed by atoms with van der Waals surface area (Å²) < 4.78 is 35.8. The predicted octanol–water partition coefficient (Wildman–Crippen LogP) is 1.62. The maximum Gasteiger partial charge on any atom is 0.390 e. The molecule has 1 atom stereocenters. The molecule has 0 bridgehead atoms. The van der Waals surface area contributed by atoms with Crippen LogP contribution in [0.3, 0.4) is 0 Å². The first-order valence-corrected chi connectivity index (χ1v) is 5.04. The Bertz CT molecular complexity index is 170. The molecule has 1 N–H and O–H groups in total. The van der Waals surface area contributed by atoms with Gasteiger partial charge in [-0.25, -0.2) is 0 Å². The average Bonchev–Trinajstić information content (AvgIpc) is 2.14. The molecule has 0 spiro atoms. The fourth-order valence-electron chi connectivity index (χ4n) is 1.66. The summed E-state index contributed by atoms with van der Waals surface area (Å²) in [5.74, 6) is 0. The second kappa shape index (κ2) is 4.98. The number of alkyl halides is 3. The van der Waals surface area contributed by atoms with Gasteiger partial charge in [0.05, 0.1) is 6.42 Å². The van der Waals surface area contributed by atoms with Crippen LogP contribution >= 0.6 is 0 Å². The second-order valence-corrected chi connectivity index (χ2v) is 3.73. The van der Waals surface area contributed by atoms with Crippen LogP contribution in [0.4, 0.5) is 13.2 Å². The zero-order valence-electron chi connectivity index (χ0n) is 8.40. The summed E-state index contributed by atoms with van der Waals surface area (Å²) in [5, 5.41) is 3.27. The van der Waals surface area contributed by atoms with E-state index in [-0.39, 0.29) is 6.54 Å². The molecular formula is C9H17F3N2. The molecule has 84 valence electrons. The third-order valence-electron chi connectivity index (χ3n) is 2.54. The summed E-state index contributed by atoms with van der Waals surface area (Å²) in [6.45, 7) is 4.46. The van der Waals surface area contributed by atoms with E-state index in [1.165, 1.54) is 0 Å². The highest BCUT2D eigenvalue weighted by Gasteiger charge is 2.28. The van der Waals surface area contributed by atoms with Crippen molar-refractivity contribution < 1.29 is 13.2 Å². The fourth-order valence-corrected chi connectivity index (χ4v) is 1.66. The Kier molecular flexibility index (Phi) is 4.19. The number of hydrogen-bond donors (Lipinski definition) is 1. The lowest BCUT2D eigenvalue weighted by molar-refractivity contribution is -0.138. The van der Waals surface area contributed by atoms with Crippen LogP contribution in [0.5, 0.6) is 0 Å². The van der Waals surface area contributed by atoms with Crippen molar-refractivity contribution in [2.75, 3.05) is 26.2 Å². The molecule has 0 aliphatic carbocycles. The smallest absolute Gasteiger partial charge is 0.311 e. The van der Waals surface area contributed by atoms with Gasteiger partial charge in [-0.15, -0.1) is 0 Å². The van der Waals surface area contributed by atoms with Crippen molar-refractivity contribution in [2.45, 2.75) is 32.0 Å². The highest BCUT2D eigenvalue weighted by atomic mass is 19.4. The first kappa shape index (κ1) is 11.8. The van der Waals surface area contributed by atoms with E-state index in [4.69, 9.17) is 0 Å². The summed E-state index contributed by atoms with van der Waals surface area (Å²) in [5.41, 5.74) is 0. The monoisotopic (exact) mass is 210 g/mol. The number of halogens is 3. The van der Waals surface area contributed by atoms with Crippen LogP contribution in [-0.4, -0.2) is 43.3 Å². The first-order chi connectivity index (χ1) is 6.51. The van der Waals surface area contributed by atoms with Crippen molar-refractivity contribution in [1.82, 2.24) is 10.2 Å². The molecule has 0 aromatic heterocycles. The molecule has 1 saturated heterocycles. The summed E-state index contributed by atoms with van der Waals surface area (Å²) >= 11 is 0. The van der Waals surface area contributed by atoms with Crippen LogP contribution in [0.25, 0.3) is 0 Å². The Hall–Kier alpha value is -0.290. The maximum atomic E-state index is 11.9. The van der Waals surface area contributed by atoms with Gasteiger partial charge in [0.1, 0.15) is 0 Å². The number of nitrogens with one attached hydrogen (secondary N) is 1. The van der Waals surface area contributed by atoms with Crippen LogP contribution in [0.15, 0.2) is 0 Å². The van der Waals surface area contributed by atoms with E-state index in [1.54, 1.807) is 0 Å². The number of piperazine rings is 1. The van der Waals surface area contributed by atoms with Crippen LogP contribution in [0.1, 0.15) is 19.8 Å². The standard InChI is InChI=1S/C9H17F3N2/c1-2-8-7-14(6-4-13-8)5-3-9(10,11)12/h8,13H,2-7H2,1H3. The van der Waals surface area contributed by atoms with Crippen molar-refractivity contribution >= 4 is 0 Å². The molecular weight excluding hydrogens is 193 g/mol. The van der Waals surface area contributed by atoms with E-state index >= 15 is 0 Å². The topological polar surface area (TPSA) is 15.3 Å². The molecule has 1 fully saturated rings. The van der Waals surface area contributed by atoms with Gasteiger partial charge in [0.15, 0.2) is 0 Å². The Morgan fingerprint density at radius 2 is 2.14 bits per heavy atom. The summed E-state index contributed by atoms with van der Waals surface area (Å²) in [6, 6.07) is 0.358. The Labute approximate surface area is 82.5 Å². The minimum atomic E-state index is -4.02. The lowest BCUT2D eigenvalue weighted by atomic mass is 10.1. The van der Waals surface area contributed by atoms with Crippen LogP contribution in [-0.2, 0) is 0 Å². The first-order valence-electron chi connectivity index (χ1n) is 5.04. The Balaban J connectivity index is 2.24. The lowest BCUT2D eigenvalue weighted by Gasteiger charge is -2.33. The van der Waals surface area contributed by atoms with Gasteiger partial charge in [-0.05, 0) is 6.42 Å². The molecule has 1 heterocycles. The van der Waals surface area contributed by atoms with E-state index in [0.717, 1.165) is 26.1 Å². The highest BCUT2D eigenvalue weighted by Crippen LogP contribution is 2.20.